The van der Waals surface area contributed by atoms with Crippen LogP contribution in [0.4, 0.5) is 0 Å². The van der Waals surface area contributed by atoms with E-state index < -0.39 is 0 Å². The molecule has 9 heterocycles. The summed E-state index contributed by atoms with van der Waals surface area (Å²) in [6, 6.07) is 182. The predicted octanol–water partition coefficient (Wildman–Crippen LogP) is 35.9. The van der Waals surface area contributed by atoms with E-state index in [9.17, 15) is 0 Å². The Kier molecular flexibility index (Phi) is 23.3. The first kappa shape index (κ1) is 89.5. The Hall–Kier alpha value is -19.3. The summed E-state index contributed by atoms with van der Waals surface area (Å²) in [6.07, 6.45) is 0. The van der Waals surface area contributed by atoms with Crippen molar-refractivity contribution in [2.24, 2.45) is 0 Å². The van der Waals surface area contributed by atoms with Crippen LogP contribution >= 0.6 is 34.0 Å². The fourth-order valence-corrected chi connectivity index (χ4v) is 23.9. The molecule has 0 radical (unpaired) electrons. The fourth-order valence-electron chi connectivity index (χ4n) is 20.6. The van der Waals surface area contributed by atoms with Gasteiger partial charge in [-0.2, -0.15) is 0 Å². The molecule has 0 spiro atoms. The molecule has 150 heavy (non-hydrogen) atoms. The number of nitrogens with zero attached hydrogens (tertiary/aromatic N) is 12. The number of rotatable bonds is 17. The second-order valence-corrected chi connectivity index (χ2v) is 40.3. The molecule has 0 aliphatic carbocycles. The van der Waals surface area contributed by atoms with Crippen LogP contribution in [0.1, 0.15) is 0 Å². The van der Waals surface area contributed by atoms with E-state index in [-0.39, 0.29) is 0 Å². The minimum atomic E-state index is 0.702. The summed E-state index contributed by atoms with van der Waals surface area (Å²) in [5.74, 6) is 4.86. The van der Waals surface area contributed by atoms with Gasteiger partial charge in [-0.25, -0.2) is 44.9 Å². The zero-order valence-electron chi connectivity index (χ0n) is 80.7. The van der Waals surface area contributed by atoms with Crippen molar-refractivity contribution < 1.29 is 0 Å². The van der Waals surface area contributed by atoms with E-state index in [0.717, 1.165) is 190 Å². The van der Waals surface area contributed by atoms with E-state index >= 15 is 0 Å². The van der Waals surface area contributed by atoms with E-state index in [1.165, 1.54) is 61.0 Å². The summed E-state index contributed by atoms with van der Waals surface area (Å²) in [5.41, 5.74) is 32.0. The molecule has 12 nitrogen and oxygen atoms in total. The Labute approximate surface area is 876 Å². The van der Waals surface area contributed by atoms with Crippen molar-refractivity contribution in [1.82, 2.24) is 58.6 Å². The first-order valence-corrected chi connectivity index (χ1v) is 52.5. The van der Waals surface area contributed by atoms with Crippen LogP contribution in [-0.2, 0) is 0 Å². The molecule has 0 bridgehead atoms. The van der Waals surface area contributed by atoms with Crippen LogP contribution < -0.4 is 0 Å². The normalized spacial score (nSPS) is 11.5. The smallest absolute Gasteiger partial charge is 0.161 e. The molecule has 0 saturated carbocycles. The van der Waals surface area contributed by atoms with Crippen molar-refractivity contribution in [1.29, 1.82) is 0 Å². The molecule has 20 aromatic carbocycles. The van der Waals surface area contributed by atoms with Crippen molar-refractivity contribution in [3.63, 3.8) is 0 Å². The average molecular weight is 1970 g/mol. The van der Waals surface area contributed by atoms with E-state index in [2.05, 4.69) is 463 Å². The molecule has 15 heteroatoms. The Morgan fingerprint density at radius 3 is 0.687 bits per heavy atom. The van der Waals surface area contributed by atoms with Crippen LogP contribution in [0.25, 0.3) is 269 Å². The quantitative estimate of drug-likeness (QED) is 0.0874. The molecular weight excluding hydrogens is 1890 g/mol. The molecule has 0 aliphatic heterocycles. The van der Waals surface area contributed by atoms with Crippen LogP contribution in [0.2, 0.25) is 0 Å². The highest BCUT2D eigenvalue weighted by Crippen LogP contribution is 2.48. The lowest BCUT2D eigenvalue weighted by Crippen LogP contribution is -1.97. The first-order valence-electron chi connectivity index (χ1n) is 50.0. The second-order valence-electron chi connectivity index (χ2n) is 37.0. The molecule has 0 saturated heterocycles. The number of imidazole rings is 3. The van der Waals surface area contributed by atoms with Crippen LogP contribution in [0.15, 0.2) is 522 Å². The van der Waals surface area contributed by atoms with Gasteiger partial charge in [-0.1, -0.05) is 352 Å². The summed E-state index contributed by atoms with van der Waals surface area (Å²) in [6.45, 7) is 0. The SMILES string of the molecule is c1ccc(-c2cc(-c3ccccc3)nc(-c3cccc4sc5ccc(-c6nc7ccccc7n6-c6ccccc6)cc5c34)n2)cc1.c1ccc(-c2ccc(-c3cc(-c4ccccc4)nc(-c4cccc5sc6ccc(-c7nc8ccccc8n7-c7ccccc7)cc6c45)n3)cc2)cc1.c1ccc(-c2cccc(-c3cc(-c4ccccc4)nc(-c4cccc5sc6ccc(-c7nc8ccccc8n7-c7ccccc7)cc6c45)n3)c2)cc1. The highest BCUT2D eigenvalue weighted by Gasteiger charge is 2.26. The monoisotopic (exact) mass is 1970 g/mol. The van der Waals surface area contributed by atoms with Gasteiger partial charge in [0.25, 0.3) is 0 Å². The van der Waals surface area contributed by atoms with Crippen molar-refractivity contribution in [2.75, 3.05) is 0 Å². The molecule has 9 aromatic heterocycles. The van der Waals surface area contributed by atoms with Gasteiger partial charge in [-0.15, -0.1) is 34.0 Å². The number of hydrogen-bond acceptors (Lipinski definition) is 12. The maximum atomic E-state index is 5.31. The molecule has 0 unspecified atom stereocenters. The van der Waals surface area contributed by atoms with Crippen molar-refractivity contribution in [3.8, 4) is 175 Å². The van der Waals surface area contributed by atoms with Crippen LogP contribution in [0.3, 0.4) is 0 Å². The van der Waals surface area contributed by atoms with Crippen LogP contribution in [0.5, 0.6) is 0 Å². The van der Waals surface area contributed by atoms with E-state index in [1.807, 2.05) is 72.8 Å². The molecule has 0 amide bonds. The summed E-state index contributed by atoms with van der Waals surface area (Å²) in [5, 5.41) is 6.98. The van der Waals surface area contributed by atoms with Gasteiger partial charge in [-0.3, -0.25) is 13.7 Å². The van der Waals surface area contributed by atoms with Crippen LogP contribution in [0, 0.1) is 0 Å². The largest absolute Gasteiger partial charge is 0.292 e. The van der Waals surface area contributed by atoms with E-state index in [4.69, 9.17) is 44.9 Å². The van der Waals surface area contributed by atoms with Gasteiger partial charge in [0.15, 0.2) is 17.5 Å². The number of hydrogen-bond donors (Lipinski definition) is 0. The molecule has 0 fully saturated rings. The number of benzene rings is 20. The standard InChI is InChI=1S/2C47H30N4S.C41H26N4S/c1-4-14-31(15-5-1)33-18-12-19-34(28-33)41-30-40(32-16-6-2-7-17-32)48-46(49-41)37-22-13-25-44-45(37)38-29-35(26-27-43(38)52-44)47-50-39-23-10-11-24-42(39)51(47)36-20-8-3-9-21-36;1-4-13-31(14-5-1)32-23-25-34(26-24-32)41-30-40(33-15-6-2-7-16-33)48-46(49-41)37-19-12-22-44-45(37)38-29-35(27-28-43(38)52-44)47-50-39-20-10-11-21-42(39)51(47)36-17-8-3-9-18-36;1-4-13-27(14-5-1)34-26-35(28-15-6-2-7-16-28)43-40(42-34)31-19-12-22-38-39(31)32-25-29(23-24-37(32)46-38)41-44-33-20-10-11-21-36(33)45(41)30-17-8-3-9-18-30/h2*1-30H;1-26H. The highest BCUT2D eigenvalue weighted by molar-refractivity contribution is 7.26. The van der Waals surface area contributed by atoms with Gasteiger partial charge in [0.05, 0.1) is 67.3 Å². The Morgan fingerprint density at radius 1 is 0.147 bits per heavy atom. The minimum Gasteiger partial charge on any atom is -0.292 e. The summed E-state index contributed by atoms with van der Waals surface area (Å²) < 4.78 is 14.0. The minimum absolute atomic E-state index is 0.702. The molecule has 704 valence electrons. The van der Waals surface area contributed by atoms with Gasteiger partial charge in [0.2, 0.25) is 0 Å². The van der Waals surface area contributed by atoms with Crippen LogP contribution in [-0.4, -0.2) is 58.6 Å². The van der Waals surface area contributed by atoms with E-state index in [0.29, 0.717) is 17.5 Å². The van der Waals surface area contributed by atoms with Gasteiger partial charge >= 0.3 is 0 Å². The van der Waals surface area contributed by atoms with Gasteiger partial charge in [0.1, 0.15) is 17.5 Å². The lowest BCUT2D eigenvalue weighted by atomic mass is 10.00. The predicted molar refractivity (Wildman–Crippen MR) is 625 cm³/mol. The maximum Gasteiger partial charge on any atom is 0.161 e. The molecular formula is C135H86N12S3. The summed E-state index contributed by atoms with van der Waals surface area (Å²) in [7, 11) is 0. The third kappa shape index (κ3) is 17.1. The third-order valence-electron chi connectivity index (χ3n) is 27.7. The number of aromatic nitrogens is 12. The summed E-state index contributed by atoms with van der Waals surface area (Å²) in [4.78, 5) is 46.9. The van der Waals surface area contributed by atoms with Crippen molar-refractivity contribution >= 4 is 128 Å². The number of thiophene rings is 3. The van der Waals surface area contributed by atoms with Gasteiger partial charge < -0.3 is 0 Å². The lowest BCUT2D eigenvalue weighted by molar-refractivity contribution is 1.10. The van der Waals surface area contributed by atoms with Crippen molar-refractivity contribution in [2.45, 2.75) is 0 Å². The maximum absolute atomic E-state index is 5.31. The zero-order valence-corrected chi connectivity index (χ0v) is 83.2. The Bertz CT molecular complexity index is 10100. The molecule has 0 atom stereocenters. The average Bonchev–Trinajstić information content (AvgIpc) is 1.59. The molecule has 29 rings (SSSR count). The Morgan fingerprint density at radius 2 is 0.373 bits per heavy atom. The lowest BCUT2D eigenvalue weighted by Gasteiger charge is -2.12. The fraction of sp³-hybridized carbons (Fsp3) is 0. The third-order valence-corrected chi connectivity index (χ3v) is 31.1. The second kappa shape index (κ2) is 39.0. The van der Waals surface area contributed by atoms with Gasteiger partial charge in [0, 0.05) is 144 Å². The van der Waals surface area contributed by atoms with Gasteiger partial charge in [-0.05, 0) is 192 Å². The summed E-state index contributed by atoms with van der Waals surface area (Å²) >= 11 is 5.39. The highest BCUT2D eigenvalue weighted by atomic mass is 32.1. The van der Waals surface area contributed by atoms with E-state index in [1.54, 1.807) is 34.0 Å². The first-order chi connectivity index (χ1) is 74.3. The molecule has 0 aliphatic rings. The Balaban J connectivity index is 0.000000111. The van der Waals surface area contributed by atoms with Crippen molar-refractivity contribution in [3.05, 3.63) is 522 Å². The molecule has 29 aromatic rings. The topological polar surface area (TPSA) is 131 Å². The number of fused-ring (bicyclic) bond motifs is 12. The molecule has 0 N–H and O–H groups in total. The zero-order chi connectivity index (χ0) is 99.3. The number of para-hydroxylation sites is 9.